The van der Waals surface area contributed by atoms with Crippen LogP contribution in [0.15, 0.2) is 84.9 Å². The number of aliphatic hydroxyl groups excluding tert-OH is 1. The molecule has 0 aliphatic heterocycles. The van der Waals surface area contributed by atoms with E-state index in [-0.39, 0.29) is 11.7 Å². The van der Waals surface area contributed by atoms with Crippen molar-refractivity contribution in [1.29, 1.82) is 0 Å². The minimum absolute atomic E-state index is 0.213. The first-order valence-electron chi connectivity index (χ1n) is 13.7. The number of rotatable bonds is 3. The second kappa shape index (κ2) is 13.8. The number of benzene rings is 4. The summed E-state index contributed by atoms with van der Waals surface area (Å²) in [5, 5.41) is 15.0. The van der Waals surface area contributed by atoms with Crippen LogP contribution in [0.2, 0.25) is 0 Å². The van der Waals surface area contributed by atoms with Gasteiger partial charge in [0.15, 0.2) is 0 Å². The van der Waals surface area contributed by atoms with Crippen LogP contribution >= 0.6 is 0 Å². The molecule has 2 aliphatic carbocycles. The average molecular weight is 509 g/mol. The van der Waals surface area contributed by atoms with Crippen LogP contribution in [0.3, 0.4) is 0 Å². The molecule has 0 saturated heterocycles. The maximum atomic E-state index is 11.9. The number of ketones is 2. The van der Waals surface area contributed by atoms with Crippen LogP contribution in [0, 0.1) is 5.92 Å². The third-order valence-electron chi connectivity index (χ3n) is 7.42. The van der Waals surface area contributed by atoms with Crippen molar-refractivity contribution in [2.75, 3.05) is 0 Å². The molecule has 2 aliphatic rings. The van der Waals surface area contributed by atoms with Crippen LogP contribution in [0.5, 0.6) is 0 Å². The summed E-state index contributed by atoms with van der Waals surface area (Å²) >= 11 is 0. The van der Waals surface area contributed by atoms with Crippen molar-refractivity contribution in [2.45, 2.75) is 63.9 Å². The number of fused-ring (bicyclic) bond motifs is 2. The SMILES string of the molecule is O=C1CCCCC1.O=C1CCCC[C@H]1[C@@H](O)c1ccc2ccccc2c1.O=Cc1ccc2ccccc2c1. The molecule has 2 fully saturated rings. The molecular weight excluding hydrogens is 472 g/mol. The molecule has 0 radical (unpaired) electrons. The van der Waals surface area contributed by atoms with Crippen LogP contribution in [0.4, 0.5) is 0 Å². The topological polar surface area (TPSA) is 71.4 Å². The predicted molar refractivity (Wildman–Crippen MR) is 153 cm³/mol. The fourth-order valence-electron chi connectivity index (χ4n) is 5.20. The monoisotopic (exact) mass is 508 g/mol. The highest BCUT2D eigenvalue weighted by Crippen LogP contribution is 2.33. The molecule has 0 heterocycles. The Kier molecular flexibility index (Phi) is 9.94. The normalized spacial score (nSPS) is 18.1. The first kappa shape index (κ1) is 27.4. The molecule has 38 heavy (non-hydrogen) atoms. The number of hydrogen-bond acceptors (Lipinski definition) is 4. The van der Waals surface area contributed by atoms with Crippen LogP contribution in [0.25, 0.3) is 21.5 Å². The first-order chi connectivity index (χ1) is 18.5. The molecule has 4 heteroatoms. The fraction of sp³-hybridized carbons (Fsp3) is 0.324. The Balaban J connectivity index is 0.000000150. The van der Waals surface area contributed by atoms with Gasteiger partial charge in [-0.25, -0.2) is 0 Å². The lowest BCUT2D eigenvalue weighted by Gasteiger charge is -2.25. The van der Waals surface area contributed by atoms with Crippen LogP contribution < -0.4 is 0 Å². The molecule has 0 aromatic heterocycles. The Labute approximate surface area is 224 Å². The average Bonchev–Trinajstić information content (AvgIpc) is 2.97. The third-order valence-corrected chi connectivity index (χ3v) is 7.42. The Morgan fingerprint density at radius 3 is 1.82 bits per heavy atom. The van der Waals surface area contributed by atoms with Gasteiger partial charge in [0.05, 0.1) is 6.10 Å². The quantitative estimate of drug-likeness (QED) is 0.287. The van der Waals surface area contributed by atoms with E-state index in [2.05, 4.69) is 6.07 Å². The standard InChI is InChI=1S/C17H18O2.C11H8O.C6H10O/c18-16-8-4-3-7-15(16)17(19)14-10-9-12-5-1-2-6-13(12)11-14;12-8-9-5-6-10-3-1-2-4-11(10)7-9;7-6-4-2-1-3-5-6/h1-2,5-6,9-11,15,17,19H,3-4,7-8H2;1-8H;1-5H2/t15-,17+;;/m1../s1. The van der Waals surface area contributed by atoms with E-state index < -0.39 is 6.10 Å². The van der Waals surface area contributed by atoms with Gasteiger partial charge in [0.2, 0.25) is 0 Å². The molecule has 2 saturated carbocycles. The number of Topliss-reactive ketones (excluding diaryl/α,β-unsaturated/α-hetero) is 2. The molecular formula is C34H36O4. The maximum Gasteiger partial charge on any atom is 0.150 e. The summed E-state index contributed by atoms with van der Waals surface area (Å²) in [6.45, 7) is 0. The summed E-state index contributed by atoms with van der Waals surface area (Å²) in [6.07, 6.45) is 8.90. The zero-order valence-electron chi connectivity index (χ0n) is 21.9. The van der Waals surface area contributed by atoms with Crippen molar-refractivity contribution < 1.29 is 19.5 Å². The summed E-state index contributed by atoms with van der Waals surface area (Å²) < 4.78 is 0. The smallest absolute Gasteiger partial charge is 0.150 e. The van der Waals surface area contributed by atoms with Crippen LogP contribution in [-0.4, -0.2) is 23.0 Å². The van der Waals surface area contributed by atoms with Gasteiger partial charge in [0.25, 0.3) is 0 Å². The number of hydrogen-bond donors (Lipinski definition) is 1. The number of aliphatic hydroxyl groups is 1. The van der Waals surface area contributed by atoms with E-state index >= 15 is 0 Å². The Hall–Kier alpha value is -3.63. The second-order valence-corrected chi connectivity index (χ2v) is 10.2. The number of aldehydes is 1. The second-order valence-electron chi connectivity index (χ2n) is 10.2. The van der Waals surface area contributed by atoms with Crippen LogP contribution in [0.1, 0.15) is 79.8 Å². The highest BCUT2D eigenvalue weighted by molar-refractivity contribution is 5.89. The molecule has 0 amide bonds. The molecule has 196 valence electrons. The van der Waals surface area contributed by atoms with E-state index in [0.29, 0.717) is 12.2 Å². The third kappa shape index (κ3) is 7.45. The fourth-order valence-corrected chi connectivity index (χ4v) is 5.20. The summed E-state index contributed by atoms with van der Waals surface area (Å²) in [7, 11) is 0. The molecule has 4 aromatic rings. The van der Waals surface area contributed by atoms with Gasteiger partial charge >= 0.3 is 0 Å². The summed E-state index contributed by atoms with van der Waals surface area (Å²) in [5.74, 6) is 0.466. The molecule has 0 spiro atoms. The molecule has 4 aromatic carbocycles. The lowest BCUT2D eigenvalue weighted by Crippen LogP contribution is -2.25. The zero-order chi connectivity index (χ0) is 26.7. The molecule has 6 rings (SSSR count). The van der Waals surface area contributed by atoms with E-state index in [4.69, 9.17) is 0 Å². The van der Waals surface area contributed by atoms with Crippen molar-refractivity contribution in [2.24, 2.45) is 5.92 Å². The molecule has 0 unspecified atom stereocenters. The van der Waals surface area contributed by atoms with Gasteiger partial charge in [0.1, 0.15) is 17.9 Å². The van der Waals surface area contributed by atoms with Crippen molar-refractivity contribution in [3.63, 3.8) is 0 Å². The van der Waals surface area contributed by atoms with Crippen molar-refractivity contribution in [3.8, 4) is 0 Å². The summed E-state index contributed by atoms with van der Waals surface area (Å²) in [5.41, 5.74) is 1.59. The highest BCUT2D eigenvalue weighted by atomic mass is 16.3. The number of carbonyl (C=O) groups excluding carboxylic acids is 3. The van der Waals surface area contributed by atoms with Gasteiger partial charge in [-0.1, -0.05) is 85.6 Å². The molecule has 4 nitrogen and oxygen atoms in total. The molecule has 2 atom stereocenters. The lowest BCUT2D eigenvalue weighted by molar-refractivity contribution is -0.128. The Bertz CT molecular complexity index is 1380. The van der Waals surface area contributed by atoms with Crippen LogP contribution in [-0.2, 0) is 9.59 Å². The Morgan fingerprint density at radius 2 is 1.24 bits per heavy atom. The predicted octanol–water partition coefficient (Wildman–Crippen LogP) is 7.80. The van der Waals surface area contributed by atoms with Crippen molar-refractivity contribution in [1.82, 2.24) is 0 Å². The van der Waals surface area contributed by atoms with Gasteiger partial charge in [-0.15, -0.1) is 0 Å². The molecule has 0 bridgehead atoms. The summed E-state index contributed by atoms with van der Waals surface area (Å²) in [6, 6.07) is 27.7. The largest absolute Gasteiger partial charge is 0.388 e. The van der Waals surface area contributed by atoms with E-state index in [1.165, 1.54) is 11.8 Å². The van der Waals surface area contributed by atoms with E-state index in [0.717, 1.165) is 78.5 Å². The van der Waals surface area contributed by atoms with Gasteiger partial charge in [-0.05, 0) is 64.9 Å². The van der Waals surface area contributed by atoms with Crippen molar-refractivity contribution in [3.05, 3.63) is 96.1 Å². The van der Waals surface area contributed by atoms with Crippen molar-refractivity contribution >= 4 is 39.4 Å². The molecule has 1 N–H and O–H groups in total. The maximum absolute atomic E-state index is 11.9. The van der Waals surface area contributed by atoms with Gasteiger partial charge in [0, 0.05) is 30.7 Å². The summed E-state index contributed by atoms with van der Waals surface area (Å²) in [4.78, 5) is 32.8. The number of carbonyl (C=O) groups is 3. The van der Waals surface area contributed by atoms with E-state index in [9.17, 15) is 19.5 Å². The minimum Gasteiger partial charge on any atom is -0.388 e. The highest BCUT2D eigenvalue weighted by Gasteiger charge is 2.29. The first-order valence-corrected chi connectivity index (χ1v) is 13.7. The van der Waals surface area contributed by atoms with Gasteiger partial charge in [-0.2, -0.15) is 0 Å². The lowest BCUT2D eigenvalue weighted by atomic mass is 9.81. The minimum atomic E-state index is -0.655. The van der Waals surface area contributed by atoms with Gasteiger partial charge in [-0.3, -0.25) is 14.4 Å². The Morgan fingerprint density at radius 1 is 0.658 bits per heavy atom. The van der Waals surface area contributed by atoms with Gasteiger partial charge < -0.3 is 5.11 Å². The van der Waals surface area contributed by atoms with E-state index in [1.54, 1.807) is 0 Å². The zero-order valence-corrected chi connectivity index (χ0v) is 21.9. The van der Waals surface area contributed by atoms with E-state index in [1.807, 2.05) is 78.9 Å².